The highest BCUT2D eigenvalue weighted by Crippen LogP contribution is 2.36. The molecule has 1 saturated heterocycles. The third-order valence-corrected chi connectivity index (χ3v) is 7.19. The second kappa shape index (κ2) is 12.8. The number of likely N-dealkylation sites (tertiary alicyclic amines) is 1. The topological polar surface area (TPSA) is 87.1 Å². The van der Waals surface area contributed by atoms with Crippen LogP contribution in [0.15, 0.2) is 48.7 Å². The molecule has 0 bridgehead atoms. The zero-order chi connectivity index (χ0) is 27.9. The van der Waals surface area contributed by atoms with E-state index in [2.05, 4.69) is 36.7 Å². The molecule has 4 rings (SSSR count). The zero-order valence-corrected chi connectivity index (χ0v) is 23.3. The molecular weight excluding hydrogens is 496 g/mol. The number of esters is 2. The van der Waals surface area contributed by atoms with Crippen LogP contribution in [0, 0.1) is 5.92 Å². The van der Waals surface area contributed by atoms with Gasteiger partial charge in [-0.05, 0) is 66.8 Å². The van der Waals surface area contributed by atoms with Crippen molar-refractivity contribution in [3.63, 3.8) is 0 Å². The normalized spacial score (nSPS) is 15.9. The number of ether oxygens (including phenoxy) is 3. The molecule has 3 aromatic rings. The van der Waals surface area contributed by atoms with E-state index in [-0.39, 0.29) is 17.8 Å². The van der Waals surface area contributed by atoms with Crippen molar-refractivity contribution < 1.29 is 28.6 Å². The van der Waals surface area contributed by atoms with E-state index in [1.165, 1.54) is 14.0 Å². The minimum atomic E-state index is -0.617. The van der Waals surface area contributed by atoms with E-state index in [4.69, 9.17) is 14.2 Å². The first-order valence-electron chi connectivity index (χ1n) is 13.7. The largest absolute Gasteiger partial charge is 0.493 e. The molecule has 2 aromatic carbocycles. The van der Waals surface area contributed by atoms with Gasteiger partial charge < -0.3 is 23.7 Å². The van der Waals surface area contributed by atoms with E-state index in [1.807, 2.05) is 11.0 Å². The van der Waals surface area contributed by atoms with Crippen LogP contribution in [0.4, 0.5) is 0 Å². The standard InChI is InChI=1S/C31H38N2O6/c1-5-15-32-17-13-26(30(32)35)29(39-21(3)34)23-9-12-28-27(19-23)24(20-33(28)16-6-2)14-18-38-25-10-7-22(8-11-25)31(36)37-4/h7-12,19-20,26,29H,5-6,13-18H2,1-4H3. The minimum Gasteiger partial charge on any atom is -0.493 e. The summed E-state index contributed by atoms with van der Waals surface area (Å²) in [5, 5.41) is 1.07. The fourth-order valence-electron chi connectivity index (χ4n) is 5.37. The molecule has 1 amide bonds. The van der Waals surface area contributed by atoms with Crippen molar-refractivity contribution in [3.8, 4) is 5.75 Å². The van der Waals surface area contributed by atoms with Crippen molar-refractivity contribution in [2.75, 3.05) is 26.8 Å². The number of aryl methyl sites for hydroxylation is 1. The van der Waals surface area contributed by atoms with Gasteiger partial charge in [-0.3, -0.25) is 9.59 Å². The number of methoxy groups -OCH3 is 1. The van der Waals surface area contributed by atoms with E-state index in [9.17, 15) is 14.4 Å². The molecule has 1 fully saturated rings. The molecule has 2 atom stereocenters. The Morgan fingerprint density at radius 2 is 1.79 bits per heavy atom. The fraction of sp³-hybridized carbons (Fsp3) is 0.452. The highest BCUT2D eigenvalue weighted by Gasteiger charge is 2.39. The summed E-state index contributed by atoms with van der Waals surface area (Å²) < 4.78 is 18.7. The molecule has 0 saturated carbocycles. The van der Waals surface area contributed by atoms with Gasteiger partial charge in [-0.15, -0.1) is 0 Å². The first-order valence-corrected chi connectivity index (χ1v) is 13.7. The van der Waals surface area contributed by atoms with Crippen molar-refractivity contribution in [1.29, 1.82) is 0 Å². The summed E-state index contributed by atoms with van der Waals surface area (Å²) >= 11 is 0. The first-order chi connectivity index (χ1) is 18.9. The van der Waals surface area contributed by atoms with Gasteiger partial charge in [0.1, 0.15) is 11.9 Å². The van der Waals surface area contributed by atoms with Crippen LogP contribution >= 0.6 is 0 Å². The summed E-state index contributed by atoms with van der Waals surface area (Å²) in [5.74, 6) is -0.427. The first kappa shape index (κ1) is 28.2. The van der Waals surface area contributed by atoms with Gasteiger partial charge in [-0.2, -0.15) is 0 Å². The molecule has 2 unspecified atom stereocenters. The number of carbonyl (C=O) groups is 3. The lowest BCUT2D eigenvalue weighted by Gasteiger charge is -2.23. The molecule has 8 heteroatoms. The Morgan fingerprint density at radius 1 is 1.05 bits per heavy atom. The molecule has 0 aliphatic carbocycles. The Morgan fingerprint density at radius 3 is 2.46 bits per heavy atom. The van der Waals surface area contributed by atoms with E-state index in [0.29, 0.717) is 37.3 Å². The average Bonchev–Trinajstić information content (AvgIpc) is 3.47. The van der Waals surface area contributed by atoms with Crippen molar-refractivity contribution in [1.82, 2.24) is 9.47 Å². The monoisotopic (exact) mass is 534 g/mol. The molecule has 1 aromatic heterocycles. The smallest absolute Gasteiger partial charge is 0.337 e. The predicted molar refractivity (Wildman–Crippen MR) is 149 cm³/mol. The average molecular weight is 535 g/mol. The van der Waals surface area contributed by atoms with Gasteiger partial charge >= 0.3 is 11.9 Å². The van der Waals surface area contributed by atoms with E-state index in [1.54, 1.807) is 24.3 Å². The molecule has 8 nitrogen and oxygen atoms in total. The number of hydrogen-bond acceptors (Lipinski definition) is 6. The highest BCUT2D eigenvalue weighted by atomic mass is 16.5. The summed E-state index contributed by atoms with van der Waals surface area (Å²) in [6, 6.07) is 13.0. The molecule has 2 heterocycles. The summed E-state index contributed by atoms with van der Waals surface area (Å²) in [6.07, 6.45) is 4.77. The Kier molecular flexibility index (Phi) is 9.28. The maximum Gasteiger partial charge on any atom is 0.337 e. The number of fused-ring (bicyclic) bond motifs is 1. The van der Waals surface area contributed by atoms with E-state index in [0.717, 1.165) is 48.0 Å². The van der Waals surface area contributed by atoms with E-state index < -0.39 is 12.1 Å². The predicted octanol–water partition coefficient (Wildman–Crippen LogP) is 5.32. The van der Waals surface area contributed by atoms with Crippen LogP contribution in [-0.2, 0) is 32.0 Å². The Bertz CT molecular complexity index is 1310. The lowest BCUT2D eigenvalue weighted by Crippen LogP contribution is -2.31. The Hall–Kier alpha value is -3.81. The van der Waals surface area contributed by atoms with Crippen LogP contribution < -0.4 is 4.74 Å². The van der Waals surface area contributed by atoms with E-state index >= 15 is 0 Å². The molecule has 0 radical (unpaired) electrons. The van der Waals surface area contributed by atoms with Gasteiger partial charge in [0.25, 0.3) is 0 Å². The molecule has 1 aliphatic heterocycles. The Balaban J connectivity index is 1.58. The molecule has 0 spiro atoms. The van der Waals surface area contributed by atoms with Crippen molar-refractivity contribution in [3.05, 3.63) is 65.4 Å². The number of aromatic nitrogens is 1. The van der Waals surface area contributed by atoms with Crippen molar-refractivity contribution in [2.45, 2.75) is 59.1 Å². The number of rotatable bonds is 12. The number of benzene rings is 2. The lowest BCUT2D eigenvalue weighted by molar-refractivity contribution is -0.152. The van der Waals surface area contributed by atoms with Crippen LogP contribution in [-0.4, -0.2) is 54.1 Å². The summed E-state index contributed by atoms with van der Waals surface area (Å²) in [5.41, 5.74) is 3.54. The number of carbonyl (C=O) groups excluding carboxylic acids is 3. The maximum atomic E-state index is 13.2. The second-order valence-electron chi connectivity index (χ2n) is 9.99. The lowest BCUT2D eigenvalue weighted by atomic mass is 9.92. The molecule has 39 heavy (non-hydrogen) atoms. The van der Waals surface area contributed by atoms with Crippen LogP contribution in [0.3, 0.4) is 0 Å². The maximum absolute atomic E-state index is 13.2. The van der Waals surface area contributed by atoms with Gasteiger partial charge in [0.15, 0.2) is 0 Å². The quantitative estimate of drug-likeness (QED) is 0.292. The van der Waals surface area contributed by atoms with Crippen LogP contribution in [0.5, 0.6) is 5.75 Å². The van der Waals surface area contributed by atoms with Gasteiger partial charge in [0.05, 0.1) is 25.2 Å². The van der Waals surface area contributed by atoms with Gasteiger partial charge in [0, 0.05) is 50.1 Å². The molecule has 0 N–H and O–H groups in total. The van der Waals surface area contributed by atoms with Crippen molar-refractivity contribution in [2.24, 2.45) is 5.92 Å². The second-order valence-corrected chi connectivity index (χ2v) is 9.99. The zero-order valence-electron chi connectivity index (χ0n) is 23.3. The molecular formula is C31H38N2O6. The third kappa shape index (κ3) is 6.44. The number of hydrogen-bond donors (Lipinski definition) is 0. The van der Waals surface area contributed by atoms with Crippen molar-refractivity contribution >= 4 is 28.7 Å². The fourth-order valence-corrected chi connectivity index (χ4v) is 5.37. The summed E-state index contributed by atoms with van der Waals surface area (Å²) in [6.45, 7) is 8.34. The molecule has 208 valence electrons. The Labute approximate surface area is 229 Å². The molecule has 1 aliphatic rings. The highest BCUT2D eigenvalue weighted by molar-refractivity contribution is 5.89. The van der Waals surface area contributed by atoms with Gasteiger partial charge in [-0.25, -0.2) is 4.79 Å². The summed E-state index contributed by atoms with van der Waals surface area (Å²) in [7, 11) is 1.36. The van der Waals surface area contributed by atoms with Gasteiger partial charge in [0.2, 0.25) is 5.91 Å². The third-order valence-electron chi connectivity index (χ3n) is 7.19. The SMILES string of the molecule is CCCN1CCC(C(OC(C)=O)c2ccc3c(c2)c(CCOc2ccc(C(=O)OC)cc2)cn3CCC)C1=O. The summed E-state index contributed by atoms with van der Waals surface area (Å²) in [4.78, 5) is 38.8. The number of amides is 1. The van der Waals surface area contributed by atoms with Gasteiger partial charge in [-0.1, -0.05) is 19.9 Å². The number of nitrogens with zero attached hydrogens (tertiary/aromatic N) is 2. The van der Waals surface area contributed by atoms with Crippen LogP contribution in [0.25, 0.3) is 10.9 Å². The van der Waals surface area contributed by atoms with Crippen LogP contribution in [0.2, 0.25) is 0 Å². The minimum absolute atomic E-state index is 0.0543. The van der Waals surface area contributed by atoms with Crippen LogP contribution in [0.1, 0.15) is 67.6 Å².